The largest absolute Gasteiger partial charge is 0.316 e. The molecule has 1 aliphatic rings. The van der Waals surface area contributed by atoms with Gasteiger partial charge in [0.1, 0.15) is 12.1 Å². The molecule has 4 rings (SSSR count). The molecular formula is C22H27N5S. The van der Waals surface area contributed by atoms with E-state index in [0.717, 1.165) is 55.5 Å². The Hall–Kier alpha value is -2.31. The number of thiazole rings is 1. The predicted molar refractivity (Wildman–Crippen MR) is 115 cm³/mol. The van der Waals surface area contributed by atoms with E-state index in [-0.39, 0.29) is 0 Å². The highest BCUT2D eigenvalue weighted by Gasteiger charge is 2.22. The lowest BCUT2D eigenvalue weighted by molar-refractivity contribution is 0.225. The summed E-state index contributed by atoms with van der Waals surface area (Å²) < 4.78 is 0. The summed E-state index contributed by atoms with van der Waals surface area (Å²) in [5.41, 5.74) is 4.86. The maximum atomic E-state index is 4.77. The van der Waals surface area contributed by atoms with Crippen molar-refractivity contribution in [2.45, 2.75) is 39.7 Å². The molecule has 6 heteroatoms. The standard InChI is InChI=1S/C22H27N5S/c1-16(2)12-27-11-10-20-19(13-27)21(24-15-23-20)26-22-25-18(14-28-22)9-8-17-6-4-3-5-7-17/h3-7,14-16H,8-13H2,1-2H3,(H,23,24,25,26). The third kappa shape index (κ3) is 4.75. The Morgan fingerprint density at radius 2 is 2.00 bits per heavy atom. The summed E-state index contributed by atoms with van der Waals surface area (Å²) in [7, 11) is 0. The number of hydrogen-bond donors (Lipinski definition) is 1. The average molecular weight is 394 g/mol. The zero-order valence-electron chi connectivity index (χ0n) is 16.6. The van der Waals surface area contributed by atoms with Crippen LogP contribution >= 0.6 is 11.3 Å². The molecule has 1 N–H and O–H groups in total. The van der Waals surface area contributed by atoms with Crippen molar-refractivity contribution in [3.63, 3.8) is 0 Å². The Kier molecular flexibility index (Phi) is 5.98. The van der Waals surface area contributed by atoms with E-state index in [4.69, 9.17) is 4.98 Å². The third-order valence-corrected chi connectivity index (χ3v) is 5.80. The fourth-order valence-corrected chi connectivity index (χ4v) is 4.42. The summed E-state index contributed by atoms with van der Waals surface area (Å²) in [4.78, 5) is 16.3. The van der Waals surface area contributed by atoms with Crippen molar-refractivity contribution in [2.24, 2.45) is 5.92 Å². The molecule has 0 spiro atoms. The summed E-state index contributed by atoms with van der Waals surface area (Å²) >= 11 is 1.65. The molecule has 146 valence electrons. The first-order valence-corrected chi connectivity index (χ1v) is 10.9. The summed E-state index contributed by atoms with van der Waals surface area (Å²) in [6.45, 7) is 7.62. The number of rotatable bonds is 7. The van der Waals surface area contributed by atoms with Gasteiger partial charge in [-0.15, -0.1) is 11.3 Å². The zero-order chi connectivity index (χ0) is 19.3. The van der Waals surface area contributed by atoms with Crippen LogP contribution in [0.15, 0.2) is 42.0 Å². The van der Waals surface area contributed by atoms with Crippen LogP contribution in [0.5, 0.6) is 0 Å². The molecule has 0 atom stereocenters. The number of nitrogens with one attached hydrogen (secondary N) is 1. The normalized spacial score (nSPS) is 14.2. The highest BCUT2D eigenvalue weighted by atomic mass is 32.1. The Labute approximate surface area is 170 Å². The quantitative estimate of drug-likeness (QED) is 0.642. The number of aryl methyl sites for hydroxylation is 2. The highest BCUT2D eigenvalue weighted by molar-refractivity contribution is 7.13. The number of aromatic nitrogens is 3. The number of fused-ring (bicyclic) bond motifs is 1. The highest BCUT2D eigenvalue weighted by Crippen LogP contribution is 2.27. The van der Waals surface area contributed by atoms with Crippen molar-refractivity contribution in [1.82, 2.24) is 19.9 Å². The predicted octanol–water partition coefficient (Wildman–Crippen LogP) is 4.48. The SMILES string of the molecule is CC(C)CN1CCc2ncnc(Nc3nc(CCc4ccccc4)cs3)c2C1. The van der Waals surface area contributed by atoms with Gasteiger partial charge in [-0.05, 0) is 24.3 Å². The van der Waals surface area contributed by atoms with E-state index in [1.165, 1.54) is 16.8 Å². The van der Waals surface area contributed by atoms with Gasteiger partial charge in [0.15, 0.2) is 5.13 Å². The first kappa shape index (κ1) is 19.0. The van der Waals surface area contributed by atoms with E-state index >= 15 is 0 Å². The second-order valence-electron chi connectivity index (χ2n) is 7.78. The van der Waals surface area contributed by atoms with Gasteiger partial charge < -0.3 is 5.32 Å². The van der Waals surface area contributed by atoms with Crippen molar-refractivity contribution in [3.05, 3.63) is 64.6 Å². The van der Waals surface area contributed by atoms with Gasteiger partial charge in [0, 0.05) is 37.0 Å². The van der Waals surface area contributed by atoms with Gasteiger partial charge in [-0.25, -0.2) is 15.0 Å². The zero-order valence-corrected chi connectivity index (χ0v) is 17.4. The van der Waals surface area contributed by atoms with Crippen molar-refractivity contribution < 1.29 is 0 Å². The van der Waals surface area contributed by atoms with Gasteiger partial charge in [0.2, 0.25) is 0 Å². The molecule has 0 unspecified atom stereocenters. The molecule has 3 aromatic rings. The molecule has 0 aliphatic carbocycles. The smallest absolute Gasteiger partial charge is 0.188 e. The topological polar surface area (TPSA) is 53.9 Å². The molecule has 1 aromatic carbocycles. The van der Waals surface area contributed by atoms with Gasteiger partial charge in [-0.2, -0.15) is 0 Å². The second kappa shape index (κ2) is 8.80. The second-order valence-corrected chi connectivity index (χ2v) is 8.64. The summed E-state index contributed by atoms with van der Waals surface area (Å²) in [5, 5.41) is 6.50. The van der Waals surface area contributed by atoms with Crippen LogP contribution in [0.3, 0.4) is 0 Å². The van der Waals surface area contributed by atoms with E-state index in [1.54, 1.807) is 17.7 Å². The Bertz CT molecular complexity index is 906. The summed E-state index contributed by atoms with van der Waals surface area (Å²) in [6, 6.07) is 10.6. The number of nitrogens with zero attached hydrogens (tertiary/aromatic N) is 4. The van der Waals surface area contributed by atoms with E-state index in [2.05, 4.69) is 69.7 Å². The lowest BCUT2D eigenvalue weighted by atomic mass is 10.0. The Balaban J connectivity index is 1.43. The van der Waals surface area contributed by atoms with Crippen LogP contribution < -0.4 is 5.32 Å². The monoisotopic (exact) mass is 393 g/mol. The van der Waals surface area contributed by atoms with E-state index in [1.807, 2.05) is 0 Å². The molecule has 3 heterocycles. The van der Waals surface area contributed by atoms with Crippen molar-refractivity contribution in [1.29, 1.82) is 0 Å². The van der Waals surface area contributed by atoms with E-state index in [9.17, 15) is 0 Å². The molecule has 0 amide bonds. The van der Waals surface area contributed by atoms with E-state index in [0.29, 0.717) is 5.92 Å². The molecule has 28 heavy (non-hydrogen) atoms. The Morgan fingerprint density at radius 1 is 1.14 bits per heavy atom. The van der Waals surface area contributed by atoms with Crippen molar-refractivity contribution in [3.8, 4) is 0 Å². The van der Waals surface area contributed by atoms with Crippen LogP contribution in [-0.4, -0.2) is 32.9 Å². The molecule has 2 aromatic heterocycles. The Morgan fingerprint density at radius 3 is 2.82 bits per heavy atom. The molecular weight excluding hydrogens is 366 g/mol. The lowest BCUT2D eigenvalue weighted by Crippen LogP contribution is -2.34. The van der Waals surface area contributed by atoms with Crippen molar-refractivity contribution in [2.75, 3.05) is 18.4 Å². The maximum absolute atomic E-state index is 4.77. The molecule has 0 fully saturated rings. The van der Waals surface area contributed by atoms with E-state index < -0.39 is 0 Å². The molecule has 0 radical (unpaired) electrons. The molecule has 0 saturated carbocycles. The van der Waals surface area contributed by atoms with Crippen LogP contribution in [0.25, 0.3) is 0 Å². The van der Waals surface area contributed by atoms with Gasteiger partial charge in [0.25, 0.3) is 0 Å². The van der Waals surface area contributed by atoms with Crippen molar-refractivity contribution >= 4 is 22.3 Å². The van der Waals surface area contributed by atoms with Crippen LogP contribution in [0, 0.1) is 5.92 Å². The third-order valence-electron chi connectivity index (χ3n) is 4.99. The van der Waals surface area contributed by atoms with Crippen LogP contribution in [0.4, 0.5) is 10.9 Å². The number of benzene rings is 1. The molecule has 1 aliphatic heterocycles. The first-order chi connectivity index (χ1) is 13.7. The van der Waals surface area contributed by atoms with Crippen LogP contribution in [0.1, 0.15) is 36.4 Å². The molecule has 0 bridgehead atoms. The minimum atomic E-state index is 0.661. The van der Waals surface area contributed by atoms with Gasteiger partial charge >= 0.3 is 0 Å². The lowest BCUT2D eigenvalue weighted by Gasteiger charge is -2.30. The van der Waals surface area contributed by atoms with Gasteiger partial charge in [-0.3, -0.25) is 4.90 Å². The average Bonchev–Trinajstić information content (AvgIpc) is 3.15. The van der Waals surface area contributed by atoms with Gasteiger partial charge in [0.05, 0.1) is 11.4 Å². The summed E-state index contributed by atoms with van der Waals surface area (Å²) in [6.07, 6.45) is 4.62. The number of anilines is 2. The van der Waals surface area contributed by atoms with Crippen LogP contribution in [0.2, 0.25) is 0 Å². The minimum Gasteiger partial charge on any atom is -0.316 e. The summed E-state index contributed by atoms with van der Waals surface area (Å²) in [5.74, 6) is 1.57. The number of hydrogen-bond acceptors (Lipinski definition) is 6. The first-order valence-electron chi connectivity index (χ1n) is 9.98. The minimum absolute atomic E-state index is 0.661. The van der Waals surface area contributed by atoms with Crippen LogP contribution in [-0.2, 0) is 25.8 Å². The molecule has 5 nitrogen and oxygen atoms in total. The fourth-order valence-electron chi connectivity index (χ4n) is 3.67. The maximum Gasteiger partial charge on any atom is 0.188 e. The molecule has 0 saturated heterocycles. The van der Waals surface area contributed by atoms with Gasteiger partial charge in [-0.1, -0.05) is 44.2 Å². The fraction of sp³-hybridized carbons (Fsp3) is 0.409.